The van der Waals surface area contributed by atoms with Gasteiger partial charge < -0.3 is 10.6 Å². The Bertz CT molecular complexity index is 2080. The summed E-state index contributed by atoms with van der Waals surface area (Å²) in [6, 6.07) is 43.4. The van der Waals surface area contributed by atoms with E-state index in [1.165, 1.54) is 0 Å². The maximum Gasteiger partial charge on any atom is 0.196 e. The highest BCUT2D eigenvalue weighted by Gasteiger charge is 2.24. The maximum atomic E-state index is 14.4. The summed E-state index contributed by atoms with van der Waals surface area (Å²) in [6.45, 7) is 5.57. The number of carbonyl (C=O) groups excluding carboxylic acids is 2. The molecule has 0 saturated heterocycles. The number of nitrogens with zero attached hydrogens (tertiary/aromatic N) is 2. The fourth-order valence-electron chi connectivity index (χ4n) is 5.64. The van der Waals surface area contributed by atoms with Crippen molar-refractivity contribution in [2.75, 3.05) is 10.6 Å². The van der Waals surface area contributed by atoms with Crippen LogP contribution in [0.15, 0.2) is 166 Å². The van der Waals surface area contributed by atoms with E-state index in [9.17, 15) is 9.59 Å². The molecule has 0 amide bonds. The molecule has 5 aromatic rings. The van der Waals surface area contributed by atoms with Crippen LogP contribution in [0.25, 0.3) is 5.70 Å². The molecule has 6 nitrogen and oxygen atoms in total. The number of ketones is 2. The van der Waals surface area contributed by atoms with Crippen molar-refractivity contribution in [3.05, 3.63) is 173 Å². The predicted octanol–water partition coefficient (Wildman–Crippen LogP) is 9.86. The molecule has 2 N–H and O–H groups in total. The standard InChI is InChI=1S/C41H34N4O2/c1-27-37(40(46)31-19-9-5-10-20-31)28(2)43-35-25-15-16-26-36(35)45-39(30-17-7-4-8-18-30)38(41(47)32-21-11-6-12-22-32)29(3)44-34-24-14-13-23-33(34)42-27/h4-26,42,45H,1-3H3/b37-27+,39-38+,43-28?,44-29?. The number of nitrogens with one attached hydrogen (secondary N) is 2. The lowest BCUT2D eigenvalue weighted by Gasteiger charge is -2.21. The van der Waals surface area contributed by atoms with Crippen LogP contribution in [-0.2, 0) is 0 Å². The van der Waals surface area contributed by atoms with Crippen LogP contribution in [0.5, 0.6) is 0 Å². The fraction of sp³-hybridized carbons (Fsp3) is 0.0732. The van der Waals surface area contributed by atoms with Gasteiger partial charge in [0.05, 0.1) is 51.0 Å². The molecule has 6 heteroatoms. The molecule has 0 unspecified atom stereocenters. The first kappa shape index (κ1) is 30.9. The summed E-state index contributed by atoms with van der Waals surface area (Å²) in [5.74, 6) is -0.313. The molecule has 0 bridgehead atoms. The topological polar surface area (TPSA) is 82.9 Å². The highest BCUT2D eigenvalue weighted by Crippen LogP contribution is 2.34. The number of hydrogen-bond donors (Lipinski definition) is 2. The van der Waals surface area contributed by atoms with Gasteiger partial charge in [0, 0.05) is 16.8 Å². The molecule has 0 fully saturated rings. The summed E-state index contributed by atoms with van der Waals surface area (Å²) >= 11 is 0. The van der Waals surface area contributed by atoms with Crippen molar-refractivity contribution in [2.24, 2.45) is 9.98 Å². The van der Waals surface area contributed by atoms with Gasteiger partial charge in [-0.3, -0.25) is 19.6 Å². The van der Waals surface area contributed by atoms with Crippen LogP contribution in [0.4, 0.5) is 22.7 Å². The van der Waals surface area contributed by atoms with Crippen molar-refractivity contribution in [1.29, 1.82) is 0 Å². The van der Waals surface area contributed by atoms with Crippen LogP contribution >= 0.6 is 0 Å². The number of para-hydroxylation sites is 4. The fourth-order valence-corrected chi connectivity index (χ4v) is 5.64. The highest BCUT2D eigenvalue weighted by atomic mass is 16.1. The number of allylic oxidation sites excluding steroid dienone is 3. The lowest BCUT2D eigenvalue weighted by atomic mass is 9.94. The lowest BCUT2D eigenvalue weighted by molar-refractivity contribution is 0.103. The van der Waals surface area contributed by atoms with E-state index in [1.807, 2.05) is 148 Å². The molecule has 1 aliphatic rings. The van der Waals surface area contributed by atoms with Crippen molar-refractivity contribution < 1.29 is 9.59 Å². The van der Waals surface area contributed by atoms with Gasteiger partial charge in [-0.25, -0.2) is 0 Å². The monoisotopic (exact) mass is 614 g/mol. The number of aliphatic imine (C=N–C) groups is 2. The molecule has 5 aromatic carbocycles. The zero-order valence-electron chi connectivity index (χ0n) is 26.5. The Labute approximate surface area is 275 Å². The number of fused-ring (bicyclic) bond motifs is 2. The van der Waals surface area contributed by atoms with Gasteiger partial charge >= 0.3 is 0 Å². The SMILES string of the molecule is CC1=Nc2ccccc2N/C(c2ccccc2)=C(/C(=O)c2ccccc2)C(C)=Nc2ccccc2N/C(C)=C\1C(=O)c1ccccc1. The van der Waals surface area contributed by atoms with E-state index in [2.05, 4.69) is 10.6 Å². The number of hydrogen-bond acceptors (Lipinski definition) is 6. The van der Waals surface area contributed by atoms with Crippen molar-refractivity contribution in [3.8, 4) is 0 Å². The van der Waals surface area contributed by atoms with Crippen LogP contribution in [0.3, 0.4) is 0 Å². The van der Waals surface area contributed by atoms with Gasteiger partial charge in [0.25, 0.3) is 0 Å². The van der Waals surface area contributed by atoms with E-state index < -0.39 is 0 Å². The highest BCUT2D eigenvalue weighted by molar-refractivity contribution is 6.32. The van der Waals surface area contributed by atoms with Crippen LogP contribution in [0.1, 0.15) is 47.1 Å². The number of benzene rings is 5. The third-order valence-electron chi connectivity index (χ3n) is 7.90. The predicted molar refractivity (Wildman–Crippen MR) is 193 cm³/mol. The summed E-state index contributed by atoms with van der Waals surface area (Å²) in [7, 11) is 0. The van der Waals surface area contributed by atoms with Crippen LogP contribution in [0.2, 0.25) is 0 Å². The summed E-state index contributed by atoms with van der Waals surface area (Å²) in [4.78, 5) is 38.6. The lowest BCUT2D eigenvalue weighted by Crippen LogP contribution is -2.18. The molecule has 47 heavy (non-hydrogen) atoms. The Morgan fingerprint density at radius 1 is 0.468 bits per heavy atom. The molecule has 1 heterocycles. The number of rotatable bonds is 5. The Hall–Kier alpha value is -6.14. The van der Waals surface area contributed by atoms with Crippen molar-refractivity contribution in [3.63, 3.8) is 0 Å². The first-order valence-corrected chi connectivity index (χ1v) is 15.4. The molecule has 0 aliphatic carbocycles. The minimum absolute atomic E-state index is 0.146. The minimum atomic E-state index is -0.167. The molecule has 0 radical (unpaired) electrons. The van der Waals surface area contributed by atoms with E-state index in [-0.39, 0.29) is 11.6 Å². The van der Waals surface area contributed by atoms with E-state index in [4.69, 9.17) is 9.98 Å². The summed E-state index contributed by atoms with van der Waals surface area (Å²) in [5.41, 5.74) is 7.68. The summed E-state index contributed by atoms with van der Waals surface area (Å²) in [5, 5.41) is 7.05. The van der Waals surface area contributed by atoms with Crippen molar-refractivity contribution in [1.82, 2.24) is 0 Å². The van der Waals surface area contributed by atoms with E-state index in [0.29, 0.717) is 67.8 Å². The third-order valence-corrected chi connectivity index (χ3v) is 7.90. The molecular weight excluding hydrogens is 580 g/mol. The molecule has 230 valence electrons. The van der Waals surface area contributed by atoms with Gasteiger partial charge in [-0.15, -0.1) is 0 Å². The zero-order valence-corrected chi connectivity index (χ0v) is 26.5. The Morgan fingerprint density at radius 2 is 0.872 bits per heavy atom. The van der Waals surface area contributed by atoms with Gasteiger partial charge in [-0.05, 0) is 50.6 Å². The zero-order chi connectivity index (χ0) is 32.8. The van der Waals surface area contributed by atoms with Gasteiger partial charge in [-0.1, -0.05) is 115 Å². The number of Topliss-reactive ketones (excluding diaryl/α,β-unsaturated/α-hetero) is 2. The quantitative estimate of drug-likeness (QED) is 0.193. The van der Waals surface area contributed by atoms with E-state index in [0.717, 1.165) is 5.56 Å². The smallest absolute Gasteiger partial charge is 0.196 e. The molecule has 0 atom stereocenters. The van der Waals surface area contributed by atoms with Gasteiger partial charge in [0.2, 0.25) is 0 Å². The first-order chi connectivity index (χ1) is 22.9. The Balaban J connectivity index is 1.65. The van der Waals surface area contributed by atoms with Gasteiger partial charge in [-0.2, -0.15) is 0 Å². The second kappa shape index (κ2) is 13.9. The molecule has 6 rings (SSSR count). The second-order valence-corrected chi connectivity index (χ2v) is 11.2. The van der Waals surface area contributed by atoms with Crippen molar-refractivity contribution in [2.45, 2.75) is 20.8 Å². The van der Waals surface area contributed by atoms with E-state index >= 15 is 0 Å². The largest absolute Gasteiger partial charge is 0.357 e. The normalized spacial score (nSPS) is 16.7. The Morgan fingerprint density at radius 3 is 1.40 bits per heavy atom. The van der Waals surface area contributed by atoms with Crippen LogP contribution < -0.4 is 10.6 Å². The molecule has 0 spiro atoms. The van der Waals surface area contributed by atoms with Crippen LogP contribution in [-0.4, -0.2) is 23.0 Å². The summed E-state index contributed by atoms with van der Waals surface area (Å²) < 4.78 is 0. The van der Waals surface area contributed by atoms with Crippen LogP contribution in [0, 0.1) is 0 Å². The molecular formula is C41H34N4O2. The van der Waals surface area contributed by atoms with Crippen molar-refractivity contribution >= 4 is 51.4 Å². The molecule has 0 aromatic heterocycles. The number of anilines is 2. The molecule has 0 saturated carbocycles. The van der Waals surface area contributed by atoms with E-state index in [1.54, 1.807) is 12.1 Å². The summed E-state index contributed by atoms with van der Waals surface area (Å²) in [6.07, 6.45) is 0. The maximum absolute atomic E-state index is 14.4. The number of carbonyl (C=O) groups is 2. The van der Waals surface area contributed by atoms with Gasteiger partial charge in [0.15, 0.2) is 11.6 Å². The first-order valence-electron chi connectivity index (χ1n) is 15.4. The average Bonchev–Trinajstić information content (AvgIpc) is 3.10. The van der Waals surface area contributed by atoms with Gasteiger partial charge in [0.1, 0.15) is 0 Å². The Kier molecular flexibility index (Phi) is 9.11. The third kappa shape index (κ3) is 6.77. The minimum Gasteiger partial charge on any atom is -0.357 e. The molecule has 1 aliphatic heterocycles. The second-order valence-electron chi connectivity index (χ2n) is 11.2. The average molecular weight is 615 g/mol.